The Kier molecular flexibility index (Phi) is 5.56. The molecule has 0 spiro atoms. The minimum Gasteiger partial charge on any atom is -0.496 e. The first-order valence-corrected chi connectivity index (χ1v) is 8.78. The molecule has 27 heavy (non-hydrogen) atoms. The van der Waals surface area contributed by atoms with Gasteiger partial charge in [0.2, 0.25) is 0 Å². The summed E-state index contributed by atoms with van der Waals surface area (Å²) < 4.78 is 5.24. The van der Waals surface area contributed by atoms with Gasteiger partial charge in [-0.1, -0.05) is 12.1 Å². The first-order chi connectivity index (χ1) is 13.0. The summed E-state index contributed by atoms with van der Waals surface area (Å²) in [5.41, 5.74) is 1.53. The number of rotatable bonds is 5. The van der Waals surface area contributed by atoms with Crippen LogP contribution in [-0.2, 0) is 0 Å². The van der Waals surface area contributed by atoms with E-state index in [9.17, 15) is 14.9 Å². The van der Waals surface area contributed by atoms with E-state index in [1.54, 1.807) is 30.3 Å². The van der Waals surface area contributed by atoms with E-state index < -0.39 is 4.92 Å². The normalized spacial score (nSPS) is 14.7. The number of hydrogen-bond acceptors (Lipinski definition) is 5. The fraction of sp³-hybridized carbons (Fsp3) is 0.316. The summed E-state index contributed by atoms with van der Waals surface area (Å²) in [5, 5.41) is 14.0. The van der Waals surface area contributed by atoms with Crippen molar-refractivity contribution in [2.75, 3.05) is 50.6 Å². The van der Waals surface area contributed by atoms with Gasteiger partial charge in [0.05, 0.1) is 62.2 Å². The average molecular weight is 371 g/mol. The summed E-state index contributed by atoms with van der Waals surface area (Å²) in [5.74, 6) is 0.0825. The van der Waals surface area contributed by atoms with Crippen LogP contribution in [0.1, 0.15) is 10.4 Å². The minimum absolute atomic E-state index is 0.0613. The van der Waals surface area contributed by atoms with Gasteiger partial charge in [0.1, 0.15) is 5.75 Å². The Hall–Kier alpha value is -3.13. The summed E-state index contributed by atoms with van der Waals surface area (Å²) in [4.78, 5) is 27.1. The van der Waals surface area contributed by atoms with E-state index in [1.807, 2.05) is 0 Å². The number of non-ortho nitro benzene ring substituents is 1. The molecular formula is C19H23N4O4+. The van der Waals surface area contributed by atoms with E-state index in [4.69, 9.17) is 4.74 Å². The molecule has 0 saturated carbocycles. The molecule has 0 atom stereocenters. The maximum absolute atomic E-state index is 12.8. The van der Waals surface area contributed by atoms with Crippen molar-refractivity contribution in [1.82, 2.24) is 0 Å². The zero-order chi connectivity index (χ0) is 19.4. The molecular weight excluding hydrogens is 348 g/mol. The standard InChI is InChI=1S/C19H22N4O4/c1-21-9-11-22(12-10-21)17-8-7-14(23(25)26)13-16(17)20-19(24)15-5-3-4-6-18(15)27-2/h3-8,13H,9-12H2,1-2H3,(H,20,24)/p+1. The predicted molar refractivity (Wildman–Crippen MR) is 103 cm³/mol. The number of ether oxygens (including phenoxy) is 1. The van der Waals surface area contributed by atoms with Gasteiger partial charge in [-0.2, -0.15) is 0 Å². The lowest BCUT2D eigenvalue weighted by atomic mass is 10.1. The summed E-state index contributed by atoms with van der Waals surface area (Å²) in [6, 6.07) is 11.5. The van der Waals surface area contributed by atoms with E-state index >= 15 is 0 Å². The van der Waals surface area contributed by atoms with Crippen LogP contribution in [-0.4, -0.2) is 51.2 Å². The molecule has 0 unspecified atom stereocenters. The van der Waals surface area contributed by atoms with E-state index in [1.165, 1.54) is 24.1 Å². The van der Waals surface area contributed by atoms with E-state index in [-0.39, 0.29) is 11.6 Å². The maximum atomic E-state index is 12.8. The summed E-state index contributed by atoms with van der Waals surface area (Å²) in [7, 11) is 3.63. The topological polar surface area (TPSA) is 89.1 Å². The predicted octanol–water partition coefficient (Wildman–Crippen LogP) is 1.19. The number of para-hydroxylation sites is 1. The SMILES string of the molecule is COc1ccccc1C(=O)Nc1cc([N+](=O)[O-])ccc1N1CC[NH+](C)CC1. The Morgan fingerprint density at radius 3 is 2.59 bits per heavy atom. The number of quaternary nitrogens is 1. The first kappa shape index (κ1) is 18.7. The molecule has 1 heterocycles. The van der Waals surface area contributed by atoms with Crippen LogP contribution in [0.2, 0.25) is 0 Å². The van der Waals surface area contributed by atoms with E-state index in [0.717, 1.165) is 31.9 Å². The molecule has 0 aliphatic carbocycles. The van der Waals surface area contributed by atoms with Gasteiger partial charge in [0.25, 0.3) is 11.6 Å². The molecule has 1 aliphatic heterocycles. The van der Waals surface area contributed by atoms with Crippen molar-refractivity contribution in [1.29, 1.82) is 0 Å². The minimum atomic E-state index is -0.462. The Morgan fingerprint density at radius 1 is 1.22 bits per heavy atom. The number of nitro benzene ring substituents is 1. The van der Waals surface area contributed by atoms with Gasteiger partial charge in [0.15, 0.2) is 0 Å². The van der Waals surface area contributed by atoms with Crippen molar-refractivity contribution >= 4 is 23.0 Å². The highest BCUT2D eigenvalue weighted by molar-refractivity contribution is 6.07. The van der Waals surface area contributed by atoms with Crippen LogP contribution in [0, 0.1) is 10.1 Å². The number of carbonyl (C=O) groups excluding carboxylic acids is 1. The summed E-state index contributed by atoms with van der Waals surface area (Å²) >= 11 is 0. The molecule has 8 heteroatoms. The smallest absolute Gasteiger partial charge is 0.271 e. The number of methoxy groups -OCH3 is 1. The highest BCUT2D eigenvalue weighted by atomic mass is 16.6. The van der Waals surface area contributed by atoms with Gasteiger partial charge >= 0.3 is 0 Å². The molecule has 8 nitrogen and oxygen atoms in total. The third-order valence-electron chi connectivity index (χ3n) is 4.75. The first-order valence-electron chi connectivity index (χ1n) is 8.78. The monoisotopic (exact) mass is 371 g/mol. The molecule has 1 fully saturated rings. The molecule has 1 aliphatic rings. The highest BCUT2D eigenvalue weighted by Crippen LogP contribution is 2.31. The van der Waals surface area contributed by atoms with Crippen LogP contribution in [0.5, 0.6) is 5.75 Å². The van der Waals surface area contributed by atoms with E-state index in [2.05, 4.69) is 17.3 Å². The molecule has 1 saturated heterocycles. The third kappa shape index (κ3) is 4.17. The molecule has 0 aromatic heterocycles. The third-order valence-corrected chi connectivity index (χ3v) is 4.75. The van der Waals surface area contributed by atoms with Gasteiger partial charge in [-0.25, -0.2) is 0 Å². The van der Waals surface area contributed by atoms with Crippen molar-refractivity contribution in [3.8, 4) is 5.75 Å². The van der Waals surface area contributed by atoms with Crippen LogP contribution in [0.4, 0.5) is 17.1 Å². The van der Waals surface area contributed by atoms with Crippen LogP contribution in [0.25, 0.3) is 0 Å². The number of piperazine rings is 1. The highest BCUT2D eigenvalue weighted by Gasteiger charge is 2.23. The Balaban J connectivity index is 1.93. The fourth-order valence-electron chi connectivity index (χ4n) is 3.16. The lowest BCUT2D eigenvalue weighted by Crippen LogP contribution is -3.12. The molecule has 1 amide bonds. The quantitative estimate of drug-likeness (QED) is 0.609. The average Bonchev–Trinajstić information content (AvgIpc) is 2.68. The number of nitro groups is 1. The van der Waals surface area contributed by atoms with Gasteiger partial charge < -0.3 is 19.9 Å². The second-order valence-corrected chi connectivity index (χ2v) is 6.56. The fourth-order valence-corrected chi connectivity index (χ4v) is 3.16. The Morgan fingerprint density at radius 2 is 1.93 bits per heavy atom. The number of amides is 1. The van der Waals surface area contributed by atoms with Crippen molar-refractivity contribution in [3.05, 3.63) is 58.1 Å². The summed E-state index contributed by atoms with van der Waals surface area (Å²) in [6.07, 6.45) is 0. The van der Waals surface area contributed by atoms with Crippen LogP contribution >= 0.6 is 0 Å². The number of carbonyl (C=O) groups is 1. The largest absolute Gasteiger partial charge is 0.496 e. The Bertz CT molecular complexity index is 847. The number of hydrogen-bond donors (Lipinski definition) is 2. The van der Waals surface area contributed by atoms with Crippen molar-refractivity contribution in [2.24, 2.45) is 0 Å². The van der Waals surface area contributed by atoms with Crippen molar-refractivity contribution in [3.63, 3.8) is 0 Å². The van der Waals surface area contributed by atoms with Crippen LogP contribution < -0.4 is 19.9 Å². The lowest BCUT2D eigenvalue weighted by molar-refractivity contribution is -0.880. The molecule has 0 radical (unpaired) electrons. The molecule has 2 N–H and O–H groups in total. The van der Waals surface area contributed by atoms with Crippen LogP contribution in [0.3, 0.4) is 0 Å². The molecule has 3 rings (SSSR count). The lowest BCUT2D eigenvalue weighted by Gasteiger charge is -2.32. The van der Waals surface area contributed by atoms with Crippen molar-refractivity contribution in [2.45, 2.75) is 0 Å². The zero-order valence-corrected chi connectivity index (χ0v) is 15.4. The van der Waals surface area contributed by atoms with Crippen molar-refractivity contribution < 1.29 is 19.4 Å². The van der Waals surface area contributed by atoms with E-state index in [0.29, 0.717) is 17.0 Å². The number of nitrogens with one attached hydrogen (secondary N) is 2. The number of benzene rings is 2. The molecule has 2 aromatic rings. The second kappa shape index (κ2) is 8.05. The van der Waals surface area contributed by atoms with Gasteiger partial charge in [-0.3, -0.25) is 14.9 Å². The zero-order valence-electron chi connectivity index (χ0n) is 15.4. The van der Waals surface area contributed by atoms with Gasteiger partial charge in [-0.15, -0.1) is 0 Å². The van der Waals surface area contributed by atoms with Gasteiger partial charge in [0, 0.05) is 12.1 Å². The molecule has 2 aromatic carbocycles. The second-order valence-electron chi connectivity index (χ2n) is 6.56. The number of anilines is 2. The number of likely N-dealkylation sites (N-methyl/N-ethyl adjacent to an activating group) is 1. The van der Waals surface area contributed by atoms with Gasteiger partial charge in [-0.05, 0) is 18.2 Å². The Labute approximate surface area is 157 Å². The summed E-state index contributed by atoms with van der Waals surface area (Å²) in [6.45, 7) is 3.58. The maximum Gasteiger partial charge on any atom is 0.271 e. The van der Waals surface area contributed by atoms with Crippen LogP contribution in [0.15, 0.2) is 42.5 Å². The number of nitrogens with zero attached hydrogens (tertiary/aromatic N) is 2. The molecule has 0 bridgehead atoms. The molecule has 142 valence electrons.